The van der Waals surface area contributed by atoms with Crippen molar-refractivity contribution < 1.29 is 9.72 Å². The van der Waals surface area contributed by atoms with Gasteiger partial charge in [-0.1, -0.05) is 53.4 Å². The van der Waals surface area contributed by atoms with Gasteiger partial charge < -0.3 is 0 Å². The van der Waals surface area contributed by atoms with Crippen LogP contribution in [0.15, 0.2) is 57.6 Å². The fourth-order valence-corrected chi connectivity index (χ4v) is 4.33. The normalized spacial score (nSPS) is 18.7. The van der Waals surface area contributed by atoms with Gasteiger partial charge in [0.2, 0.25) is 0 Å². The zero-order chi connectivity index (χ0) is 21.3. The van der Waals surface area contributed by atoms with Crippen LogP contribution < -0.4 is 4.90 Å². The lowest BCUT2D eigenvalue weighted by Crippen LogP contribution is -2.37. The number of hydrogen-bond acceptors (Lipinski definition) is 4. The van der Waals surface area contributed by atoms with Crippen LogP contribution in [0.2, 0.25) is 0 Å². The molecule has 0 bridgehead atoms. The Morgan fingerprint density at radius 3 is 2.50 bits per heavy atom. The molecular formula is C23H22BrN3O3. The zero-order valence-corrected chi connectivity index (χ0v) is 18.3. The second-order valence-electron chi connectivity index (χ2n) is 7.75. The lowest BCUT2D eigenvalue weighted by molar-refractivity contribution is -0.384. The van der Waals surface area contributed by atoms with E-state index in [-0.39, 0.29) is 17.5 Å². The van der Waals surface area contributed by atoms with E-state index < -0.39 is 4.92 Å². The lowest BCUT2D eigenvalue weighted by Gasteiger charge is -2.28. The maximum atomic E-state index is 13.4. The number of nitro benzene ring substituents is 1. The Morgan fingerprint density at radius 2 is 1.83 bits per heavy atom. The molecule has 0 spiro atoms. The molecule has 4 rings (SSSR count). The van der Waals surface area contributed by atoms with Crippen LogP contribution >= 0.6 is 15.9 Å². The van der Waals surface area contributed by atoms with Gasteiger partial charge in [0.1, 0.15) is 11.5 Å². The summed E-state index contributed by atoms with van der Waals surface area (Å²) in [7, 11) is 0. The first-order valence-electron chi connectivity index (χ1n) is 10.1. The maximum Gasteiger partial charge on any atom is 0.282 e. The third-order valence-corrected chi connectivity index (χ3v) is 6.20. The van der Waals surface area contributed by atoms with Crippen LogP contribution in [0, 0.1) is 23.0 Å². The molecule has 2 aromatic rings. The Balaban J connectivity index is 1.79. The van der Waals surface area contributed by atoms with Crippen LogP contribution in [0.25, 0.3) is 6.08 Å². The van der Waals surface area contributed by atoms with E-state index in [2.05, 4.69) is 15.9 Å². The third-order valence-electron chi connectivity index (χ3n) is 5.67. The molecule has 1 aliphatic heterocycles. The number of amides is 1. The molecule has 0 saturated heterocycles. The summed E-state index contributed by atoms with van der Waals surface area (Å²) in [5, 5.41) is 11.3. The number of nitro groups is 1. The van der Waals surface area contributed by atoms with Crippen molar-refractivity contribution in [1.82, 2.24) is 0 Å². The highest BCUT2D eigenvalue weighted by molar-refractivity contribution is 9.10. The monoisotopic (exact) mass is 467 g/mol. The van der Waals surface area contributed by atoms with Gasteiger partial charge in [-0.05, 0) is 49.1 Å². The number of benzene rings is 2. The Bertz CT molecular complexity index is 1050. The molecule has 30 heavy (non-hydrogen) atoms. The van der Waals surface area contributed by atoms with E-state index in [1.54, 1.807) is 17.0 Å². The molecular weight excluding hydrogens is 446 g/mol. The lowest BCUT2D eigenvalue weighted by atomic mass is 9.88. The number of hydrogen-bond donors (Lipinski definition) is 0. The number of amidine groups is 1. The van der Waals surface area contributed by atoms with E-state index in [0.717, 1.165) is 41.3 Å². The van der Waals surface area contributed by atoms with Crippen LogP contribution in [-0.2, 0) is 4.79 Å². The predicted molar refractivity (Wildman–Crippen MR) is 121 cm³/mol. The summed E-state index contributed by atoms with van der Waals surface area (Å²) in [6.45, 7) is 1.86. The summed E-state index contributed by atoms with van der Waals surface area (Å²) in [6.07, 6.45) is 7.13. The van der Waals surface area contributed by atoms with Crippen molar-refractivity contribution in [3.8, 4) is 0 Å². The molecule has 0 radical (unpaired) electrons. The fraction of sp³-hybridized carbons (Fsp3) is 0.304. The SMILES string of the molecule is Cc1ccc([N+](=O)[O-])cc1N1C(=O)/C(=C\c2ccc(Br)cc2)N=C1C1CCCCC1. The molecule has 2 aliphatic rings. The first kappa shape index (κ1) is 20.5. The predicted octanol–water partition coefficient (Wildman–Crippen LogP) is 6.03. The zero-order valence-electron chi connectivity index (χ0n) is 16.7. The Kier molecular flexibility index (Phi) is 5.81. The van der Waals surface area contributed by atoms with Crippen LogP contribution in [0.1, 0.15) is 43.2 Å². The van der Waals surface area contributed by atoms with Gasteiger partial charge in [-0.15, -0.1) is 0 Å². The van der Waals surface area contributed by atoms with Gasteiger partial charge in [0.15, 0.2) is 0 Å². The second kappa shape index (κ2) is 8.52. The van der Waals surface area contributed by atoms with Crippen LogP contribution in [0.5, 0.6) is 0 Å². The van der Waals surface area contributed by atoms with E-state index in [4.69, 9.17) is 4.99 Å². The van der Waals surface area contributed by atoms with Crippen LogP contribution in [-0.4, -0.2) is 16.7 Å². The van der Waals surface area contributed by atoms with Gasteiger partial charge in [0, 0.05) is 22.5 Å². The summed E-state index contributed by atoms with van der Waals surface area (Å²) in [5.41, 5.74) is 2.56. The van der Waals surface area contributed by atoms with Crippen molar-refractivity contribution in [2.24, 2.45) is 10.9 Å². The number of aryl methyl sites for hydroxylation is 1. The first-order valence-corrected chi connectivity index (χ1v) is 10.9. The van der Waals surface area contributed by atoms with E-state index in [1.165, 1.54) is 18.6 Å². The maximum absolute atomic E-state index is 13.4. The molecule has 0 N–H and O–H groups in total. The molecule has 1 saturated carbocycles. The number of nitrogens with zero attached hydrogens (tertiary/aromatic N) is 3. The van der Waals surface area contributed by atoms with Crippen molar-refractivity contribution in [3.63, 3.8) is 0 Å². The van der Waals surface area contributed by atoms with Gasteiger partial charge in [0.25, 0.3) is 11.6 Å². The summed E-state index contributed by atoms with van der Waals surface area (Å²) >= 11 is 3.42. The van der Waals surface area contributed by atoms with Crippen molar-refractivity contribution in [2.45, 2.75) is 39.0 Å². The number of anilines is 1. The number of carbonyl (C=O) groups is 1. The average Bonchev–Trinajstić information content (AvgIpc) is 3.06. The Morgan fingerprint density at radius 1 is 1.13 bits per heavy atom. The van der Waals surface area contributed by atoms with E-state index in [9.17, 15) is 14.9 Å². The summed E-state index contributed by atoms with van der Waals surface area (Å²) in [6, 6.07) is 12.3. The van der Waals surface area contributed by atoms with E-state index >= 15 is 0 Å². The molecule has 2 aromatic carbocycles. The van der Waals surface area contributed by atoms with E-state index in [1.807, 2.05) is 31.2 Å². The van der Waals surface area contributed by atoms with E-state index in [0.29, 0.717) is 17.2 Å². The molecule has 1 fully saturated rings. The third kappa shape index (κ3) is 4.07. The minimum Gasteiger partial charge on any atom is -0.266 e. The summed E-state index contributed by atoms with van der Waals surface area (Å²) in [5.74, 6) is 0.658. The molecule has 1 aliphatic carbocycles. The van der Waals surface area contributed by atoms with Crippen molar-refractivity contribution >= 4 is 45.1 Å². The quantitative estimate of drug-likeness (QED) is 0.312. The average molecular weight is 468 g/mol. The highest BCUT2D eigenvalue weighted by Crippen LogP contribution is 2.36. The van der Waals surface area contributed by atoms with Gasteiger partial charge >= 0.3 is 0 Å². The van der Waals surface area contributed by atoms with Gasteiger partial charge in [0.05, 0.1) is 10.6 Å². The molecule has 0 atom stereocenters. The van der Waals surface area contributed by atoms with Crippen molar-refractivity contribution in [3.05, 3.63) is 73.9 Å². The molecule has 7 heteroatoms. The molecule has 1 amide bonds. The molecule has 1 heterocycles. The largest absolute Gasteiger partial charge is 0.282 e. The highest BCUT2D eigenvalue weighted by atomic mass is 79.9. The number of rotatable bonds is 4. The summed E-state index contributed by atoms with van der Waals surface area (Å²) < 4.78 is 0.961. The molecule has 0 unspecified atom stereocenters. The van der Waals surface area contributed by atoms with Crippen molar-refractivity contribution in [2.75, 3.05) is 4.90 Å². The van der Waals surface area contributed by atoms with Crippen LogP contribution in [0.4, 0.5) is 11.4 Å². The Hall–Kier alpha value is -2.80. The Labute approximate surface area is 183 Å². The fourth-order valence-electron chi connectivity index (χ4n) is 4.07. The first-order chi connectivity index (χ1) is 14.4. The molecule has 0 aromatic heterocycles. The highest BCUT2D eigenvalue weighted by Gasteiger charge is 2.37. The van der Waals surface area contributed by atoms with Gasteiger partial charge in [-0.3, -0.25) is 19.8 Å². The standard InChI is InChI=1S/C23H22BrN3O3/c1-15-7-12-19(27(29)30)14-21(15)26-22(17-5-3-2-4-6-17)25-20(23(26)28)13-16-8-10-18(24)11-9-16/h7-14,17H,2-6H2,1H3/b20-13+. The smallest absolute Gasteiger partial charge is 0.266 e. The number of aliphatic imine (C=N–C) groups is 1. The summed E-state index contributed by atoms with van der Waals surface area (Å²) in [4.78, 5) is 30.7. The number of non-ortho nitro benzene ring substituents is 1. The number of carbonyl (C=O) groups excluding carboxylic acids is 1. The molecule has 154 valence electrons. The second-order valence-corrected chi connectivity index (χ2v) is 8.67. The molecule has 6 nitrogen and oxygen atoms in total. The number of halogens is 1. The topological polar surface area (TPSA) is 75.8 Å². The van der Waals surface area contributed by atoms with Crippen molar-refractivity contribution in [1.29, 1.82) is 0 Å². The minimum absolute atomic E-state index is 0.0308. The minimum atomic E-state index is -0.431. The van der Waals surface area contributed by atoms with Gasteiger partial charge in [-0.2, -0.15) is 0 Å². The van der Waals surface area contributed by atoms with Gasteiger partial charge in [-0.25, -0.2) is 4.99 Å². The van der Waals surface area contributed by atoms with Crippen LogP contribution in [0.3, 0.4) is 0 Å².